The lowest BCUT2D eigenvalue weighted by atomic mass is 9.89. The lowest BCUT2D eigenvalue weighted by molar-refractivity contribution is 0.0937. The first-order valence-electron chi connectivity index (χ1n) is 7.98. The molecule has 5 heteroatoms. The number of benzene rings is 1. The summed E-state index contributed by atoms with van der Waals surface area (Å²) in [6, 6.07) is 7.08. The van der Waals surface area contributed by atoms with Crippen LogP contribution in [0.3, 0.4) is 0 Å². The van der Waals surface area contributed by atoms with Crippen LogP contribution in [0.2, 0.25) is 0 Å². The van der Waals surface area contributed by atoms with Crippen LogP contribution in [0, 0.1) is 17.8 Å². The van der Waals surface area contributed by atoms with E-state index in [1.165, 1.54) is 25.7 Å². The second kappa shape index (κ2) is 5.23. The van der Waals surface area contributed by atoms with Crippen LogP contribution >= 0.6 is 0 Å². The standard InChI is InChI=1S/C17H19N3O2/c21-16-14-4-2-1-3-13(14)15(19-20-16)17(22)18-9-12-8-10-5-6-11(12)7-10/h1-4,10-12H,5-9H2,(H,18,22)(H,20,21)/t10-,11-,12-/m0/s1. The minimum Gasteiger partial charge on any atom is -0.350 e. The van der Waals surface area contributed by atoms with Gasteiger partial charge >= 0.3 is 0 Å². The molecule has 2 saturated carbocycles. The van der Waals surface area contributed by atoms with Crippen LogP contribution in [0.1, 0.15) is 36.2 Å². The van der Waals surface area contributed by atoms with Crippen molar-refractivity contribution in [3.63, 3.8) is 0 Å². The number of carbonyl (C=O) groups is 1. The van der Waals surface area contributed by atoms with Gasteiger partial charge in [-0.15, -0.1) is 0 Å². The molecule has 4 rings (SSSR count). The molecule has 1 heterocycles. The Bertz CT molecular complexity index is 783. The van der Waals surface area contributed by atoms with Gasteiger partial charge in [-0.05, 0) is 43.1 Å². The molecule has 0 spiro atoms. The Balaban J connectivity index is 1.53. The second-order valence-corrected chi connectivity index (χ2v) is 6.59. The lowest BCUT2D eigenvalue weighted by Gasteiger charge is -2.21. The van der Waals surface area contributed by atoms with E-state index in [0.29, 0.717) is 22.4 Å². The van der Waals surface area contributed by atoms with Crippen molar-refractivity contribution in [3.8, 4) is 0 Å². The van der Waals surface area contributed by atoms with Crippen LogP contribution in [0.5, 0.6) is 0 Å². The maximum Gasteiger partial charge on any atom is 0.272 e. The maximum atomic E-state index is 12.4. The molecule has 2 aromatic rings. The van der Waals surface area contributed by atoms with Gasteiger partial charge < -0.3 is 5.32 Å². The van der Waals surface area contributed by atoms with Gasteiger partial charge in [-0.25, -0.2) is 5.10 Å². The van der Waals surface area contributed by atoms with E-state index in [1.54, 1.807) is 18.2 Å². The third-order valence-corrected chi connectivity index (χ3v) is 5.32. The third kappa shape index (κ3) is 2.21. The summed E-state index contributed by atoms with van der Waals surface area (Å²) in [6.45, 7) is 0.717. The number of carbonyl (C=O) groups excluding carboxylic acids is 1. The highest BCUT2D eigenvalue weighted by Crippen LogP contribution is 2.47. The molecule has 3 atom stereocenters. The molecule has 2 aliphatic rings. The molecular weight excluding hydrogens is 278 g/mol. The molecule has 0 unspecified atom stereocenters. The predicted molar refractivity (Wildman–Crippen MR) is 83.6 cm³/mol. The summed E-state index contributed by atoms with van der Waals surface area (Å²) >= 11 is 0. The van der Waals surface area contributed by atoms with E-state index >= 15 is 0 Å². The Morgan fingerprint density at radius 1 is 1.23 bits per heavy atom. The van der Waals surface area contributed by atoms with E-state index in [0.717, 1.165) is 18.4 Å². The van der Waals surface area contributed by atoms with Crippen molar-refractivity contribution in [3.05, 3.63) is 40.3 Å². The normalized spacial score (nSPS) is 26.5. The third-order valence-electron chi connectivity index (χ3n) is 5.32. The number of hydrogen-bond donors (Lipinski definition) is 2. The van der Waals surface area contributed by atoms with E-state index in [1.807, 2.05) is 6.07 Å². The van der Waals surface area contributed by atoms with Gasteiger partial charge in [-0.2, -0.15) is 5.10 Å². The first-order valence-corrected chi connectivity index (χ1v) is 7.98. The number of rotatable bonds is 3. The van der Waals surface area contributed by atoms with E-state index in [-0.39, 0.29) is 11.5 Å². The summed E-state index contributed by atoms with van der Waals surface area (Å²) in [5, 5.41) is 10.5. The molecule has 0 radical (unpaired) electrons. The fourth-order valence-electron chi connectivity index (χ4n) is 4.22. The Hall–Kier alpha value is -2.17. The molecule has 2 bridgehead atoms. The van der Waals surface area contributed by atoms with Crippen molar-refractivity contribution < 1.29 is 4.79 Å². The van der Waals surface area contributed by atoms with Gasteiger partial charge in [0, 0.05) is 11.9 Å². The first-order chi connectivity index (χ1) is 10.7. The minimum atomic E-state index is -0.264. The highest BCUT2D eigenvalue weighted by atomic mass is 16.2. The number of aromatic amines is 1. The van der Waals surface area contributed by atoms with Crippen molar-refractivity contribution in [1.82, 2.24) is 15.5 Å². The predicted octanol–water partition coefficient (Wildman–Crippen LogP) is 2.09. The van der Waals surface area contributed by atoms with Gasteiger partial charge in [0.1, 0.15) is 0 Å². The fourth-order valence-corrected chi connectivity index (χ4v) is 4.22. The Kier molecular flexibility index (Phi) is 3.21. The van der Waals surface area contributed by atoms with Crippen LogP contribution in [0.4, 0.5) is 0 Å². The van der Waals surface area contributed by atoms with Gasteiger partial charge in [0.15, 0.2) is 5.69 Å². The number of H-pyrrole nitrogens is 1. The quantitative estimate of drug-likeness (QED) is 0.911. The Morgan fingerprint density at radius 3 is 2.77 bits per heavy atom. The smallest absolute Gasteiger partial charge is 0.272 e. The van der Waals surface area contributed by atoms with Crippen molar-refractivity contribution in [2.45, 2.75) is 25.7 Å². The Morgan fingerprint density at radius 2 is 2.05 bits per heavy atom. The molecule has 2 aliphatic carbocycles. The molecule has 1 amide bonds. The molecule has 0 saturated heterocycles. The molecule has 5 nitrogen and oxygen atoms in total. The van der Waals surface area contributed by atoms with Crippen LogP contribution in [-0.2, 0) is 0 Å². The molecule has 22 heavy (non-hydrogen) atoms. The van der Waals surface area contributed by atoms with Crippen molar-refractivity contribution in [1.29, 1.82) is 0 Å². The molecule has 114 valence electrons. The average Bonchev–Trinajstić information content (AvgIpc) is 3.16. The van der Waals surface area contributed by atoms with Crippen LogP contribution in [-0.4, -0.2) is 22.6 Å². The number of nitrogens with zero attached hydrogens (tertiary/aromatic N) is 1. The van der Waals surface area contributed by atoms with Gasteiger partial charge in [0.2, 0.25) is 0 Å². The van der Waals surface area contributed by atoms with Crippen molar-refractivity contribution in [2.75, 3.05) is 6.54 Å². The number of hydrogen-bond acceptors (Lipinski definition) is 3. The molecule has 1 aromatic heterocycles. The van der Waals surface area contributed by atoms with Gasteiger partial charge in [0.25, 0.3) is 11.5 Å². The fraction of sp³-hybridized carbons (Fsp3) is 0.471. The number of nitrogens with one attached hydrogen (secondary N) is 2. The average molecular weight is 297 g/mol. The summed E-state index contributed by atoms with van der Waals surface area (Å²) in [5.74, 6) is 2.07. The van der Waals surface area contributed by atoms with Crippen LogP contribution < -0.4 is 10.9 Å². The zero-order valence-corrected chi connectivity index (χ0v) is 12.3. The molecule has 0 aliphatic heterocycles. The summed E-state index contributed by atoms with van der Waals surface area (Å²) < 4.78 is 0. The maximum absolute atomic E-state index is 12.4. The van der Waals surface area contributed by atoms with Crippen LogP contribution in [0.15, 0.2) is 29.1 Å². The second-order valence-electron chi connectivity index (χ2n) is 6.59. The summed E-state index contributed by atoms with van der Waals surface area (Å²) in [7, 11) is 0. The lowest BCUT2D eigenvalue weighted by Crippen LogP contribution is -2.32. The van der Waals surface area contributed by atoms with Crippen molar-refractivity contribution >= 4 is 16.7 Å². The molecule has 2 fully saturated rings. The summed E-state index contributed by atoms with van der Waals surface area (Å²) in [4.78, 5) is 24.2. The largest absolute Gasteiger partial charge is 0.350 e. The van der Waals surface area contributed by atoms with E-state index in [2.05, 4.69) is 15.5 Å². The van der Waals surface area contributed by atoms with Crippen LogP contribution in [0.25, 0.3) is 10.8 Å². The number of amides is 1. The Labute approximate surface area is 128 Å². The first kappa shape index (κ1) is 13.5. The highest BCUT2D eigenvalue weighted by molar-refractivity contribution is 6.04. The van der Waals surface area contributed by atoms with E-state index in [9.17, 15) is 9.59 Å². The van der Waals surface area contributed by atoms with E-state index in [4.69, 9.17) is 0 Å². The molecular formula is C17H19N3O2. The number of fused-ring (bicyclic) bond motifs is 3. The topological polar surface area (TPSA) is 74.8 Å². The minimum absolute atomic E-state index is 0.199. The summed E-state index contributed by atoms with van der Waals surface area (Å²) in [6.07, 6.45) is 5.25. The molecule has 1 aromatic carbocycles. The zero-order chi connectivity index (χ0) is 15.1. The SMILES string of the molecule is O=C(NC[C@@H]1C[C@H]2CC[C@H]1C2)c1n[nH]c(=O)c2ccccc12. The van der Waals surface area contributed by atoms with Gasteiger partial charge in [-0.3, -0.25) is 9.59 Å². The van der Waals surface area contributed by atoms with Crippen molar-refractivity contribution in [2.24, 2.45) is 17.8 Å². The molecule has 2 N–H and O–H groups in total. The van der Waals surface area contributed by atoms with E-state index < -0.39 is 0 Å². The number of aromatic nitrogens is 2. The highest BCUT2D eigenvalue weighted by Gasteiger charge is 2.39. The summed E-state index contributed by atoms with van der Waals surface area (Å²) in [5.41, 5.74) is 0.0404. The van der Waals surface area contributed by atoms with Gasteiger partial charge in [-0.1, -0.05) is 24.6 Å². The zero-order valence-electron chi connectivity index (χ0n) is 12.3. The monoisotopic (exact) mass is 297 g/mol. The van der Waals surface area contributed by atoms with Gasteiger partial charge in [0.05, 0.1) is 5.39 Å².